The average molecular weight is 655 g/mol. The van der Waals surface area contributed by atoms with Gasteiger partial charge in [0.05, 0.1) is 16.7 Å². The fraction of sp³-hybridized carbons (Fsp3) is 0.0417. The highest BCUT2D eigenvalue weighted by molar-refractivity contribution is 6.20. The number of benzene rings is 8. The van der Waals surface area contributed by atoms with Crippen molar-refractivity contribution in [1.82, 2.24) is 4.57 Å². The van der Waals surface area contributed by atoms with Crippen LogP contribution in [-0.4, -0.2) is 4.57 Å². The van der Waals surface area contributed by atoms with Gasteiger partial charge in [-0.25, -0.2) is 0 Å². The third kappa shape index (κ3) is 4.66. The molecule has 10 aromatic rings. The Hall–Kier alpha value is -6.58. The molecule has 0 fully saturated rings. The van der Waals surface area contributed by atoms with Crippen LogP contribution in [0.25, 0.3) is 71.3 Å². The van der Waals surface area contributed by atoms with E-state index in [0.717, 1.165) is 56.5 Å². The molecule has 0 aliphatic carbocycles. The van der Waals surface area contributed by atoms with Crippen LogP contribution in [0.1, 0.15) is 12.5 Å². The largest absolute Gasteiger partial charge is 0.455 e. The van der Waals surface area contributed by atoms with Crippen LogP contribution in [0.4, 0.5) is 17.1 Å². The molecule has 0 aliphatic heterocycles. The monoisotopic (exact) mass is 654 g/mol. The Morgan fingerprint density at radius 1 is 0.490 bits per heavy atom. The Kier molecular flexibility index (Phi) is 6.78. The SMILES string of the molecule is CCc1cccc2oc3c4ccccc4c(N(c4ccc(-c5ccccc5)cc4)c4cccc(-n5c6ccccc6c6ccccc65)c4)cc3c12. The lowest BCUT2D eigenvalue weighted by atomic mass is 9.99. The van der Waals surface area contributed by atoms with Gasteiger partial charge in [-0.05, 0) is 77.7 Å². The molecule has 0 saturated carbocycles. The smallest absolute Gasteiger partial charge is 0.143 e. The van der Waals surface area contributed by atoms with Crippen LogP contribution in [0.2, 0.25) is 0 Å². The zero-order chi connectivity index (χ0) is 33.9. The van der Waals surface area contributed by atoms with E-state index < -0.39 is 0 Å². The molecule has 51 heavy (non-hydrogen) atoms. The van der Waals surface area contributed by atoms with Crippen molar-refractivity contribution in [3.63, 3.8) is 0 Å². The van der Waals surface area contributed by atoms with E-state index in [1.54, 1.807) is 0 Å². The Labute approximate surface area is 296 Å². The van der Waals surface area contributed by atoms with Crippen molar-refractivity contribution in [1.29, 1.82) is 0 Å². The second kappa shape index (κ2) is 11.8. The molecule has 242 valence electrons. The van der Waals surface area contributed by atoms with Gasteiger partial charge in [0.15, 0.2) is 0 Å². The third-order valence-corrected chi connectivity index (χ3v) is 10.3. The molecule has 0 N–H and O–H groups in total. The highest BCUT2D eigenvalue weighted by Gasteiger charge is 2.22. The molecular weight excluding hydrogens is 621 g/mol. The summed E-state index contributed by atoms with van der Waals surface area (Å²) < 4.78 is 9.04. The molecule has 2 aromatic heterocycles. The number of aryl methyl sites for hydroxylation is 1. The van der Waals surface area contributed by atoms with Crippen LogP contribution in [-0.2, 0) is 6.42 Å². The van der Waals surface area contributed by atoms with Gasteiger partial charge in [-0.2, -0.15) is 0 Å². The average Bonchev–Trinajstić information content (AvgIpc) is 3.75. The normalized spacial score (nSPS) is 11.7. The maximum absolute atomic E-state index is 6.65. The highest BCUT2D eigenvalue weighted by atomic mass is 16.3. The first-order valence-electron chi connectivity index (χ1n) is 17.7. The van der Waals surface area contributed by atoms with Crippen molar-refractivity contribution < 1.29 is 4.42 Å². The minimum absolute atomic E-state index is 0.929. The molecule has 0 unspecified atom stereocenters. The van der Waals surface area contributed by atoms with Gasteiger partial charge in [0.2, 0.25) is 0 Å². The second-order valence-electron chi connectivity index (χ2n) is 13.2. The summed E-state index contributed by atoms with van der Waals surface area (Å²) >= 11 is 0. The molecule has 3 heteroatoms. The van der Waals surface area contributed by atoms with Gasteiger partial charge in [0.25, 0.3) is 0 Å². The first-order chi connectivity index (χ1) is 25.3. The second-order valence-corrected chi connectivity index (χ2v) is 13.2. The van der Waals surface area contributed by atoms with Crippen LogP contribution in [0.3, 0.4) is 0 Å². The van der Waals surface area contributed by atoms with Crippen molar-refractivity contribution in [3.8, 4) is 16.8 Å². The molecule has 0 saturated heterocycles. The molecular formula is C48H34N2O. The topological polar surface area (TPSA) is 21.3 Å². The van der Waals surface area contributed by atoms with Crippen molar-refractivity contribution in [2.75, 3.05) is 4.90 Å². The number of nitrogens with zero attached hydrogens (tertiary/aromatic N) is 2. The van der Waals surface area contributed by atoms with E-state index >= 15 is 0 Å². The standard InChI is InChI=1S/C48H34N2O/c1-2-32-16-12-25-46-47(32)42-31-45(40-21-6-7-22-41(40)48(42)51-46)49(35-28-26-34(27-29-35)33-14-4-3-5-15-33)36-17-13-18-37(30-36)50-43-23-10-8-19-38(43)39-20-9-11-24-44(39)50/h3-31H,2H2,1H3. The number of anilines is 3. The van der Waals surface area contributed by atoms with Gasteiger partial charge in [-0.15, -0.1) is 0 Å². The van der Waals surface area contributed by atoms with E-state index in [2.05, 4.69) is 192 Å². The summed E-state index contributed by atoms with van der Waals surface area (Å²) in [6.45, 7) is 2.22. The summed E-state index contributed by atoms with van der Waals surface area (Å²) in [6, 6.07) is 63.3. The number of furan rings is 1. The summed E-state index contributed by atoms with van der Waals surface area (Å²) in [5.74, 6) is 0. The van der Waals surface area contributed by atoms with Crippen LogP contribution in [0.5, 0.6) is 0 Å². The van der Waals surface area contributed by atoms with Crippen LogP contribution < -0.4 is 4.90 Å². The number of hydrogen-bond acceptors (Lipinski definition) is 2. The predicted molar refractivity (Wildman–Crippen MR) is 215 cm³/mol. The summed E-state index contributed by atoms with van der Waals surface area (Å²) in [5.41, 5.74) is 12.3. The molecule has 0 atom stereocenters. The quantitative estimate of drug-likeness (QED) is 0.178. The molecule has 0 radical (unpaired) electrons. The van der Waals surface area contributed by atoms with Gasteiger partial charge in [-0.3, -0.25) is 0 Å². The van der Waals surface area contributed by atoms with Gasteiger partial charge in [0, 0.05) is 49.4 Å². The van der Waals surface area contributed by atoms with Crippen molar-refractivity contribution in [2.45, 2.75) is 13.3 Å². The highest BCUT2D eigenvalue weighted by Crippen LogP contribution is 2.46. The first kappa shape index (κ1) is 29.3. The van der Waals surface area contributed by atoms with Gasteiger partial charge < -0.3 is 13.9 Å². The molecule has 10 rings (SSSR count). The minimum atomic E-state index is 0.929. The molecule has 0 amide bonds. The van der Waals surface area contributed by atoms with E-state index in [1.807, 2.05) is 0 Å². The van der Waals surface area contributed by atoms with Crippen molar-refractivity contribution in [3.05, 3.63) is 181 Å². The Morgan fingerprint density at radius 3 is 1.84 bits per heavy atom. The van der Waals surface area contributed by atoms with Crippen LogP contribution in [0.15, 0.2) is 180 Å². The Morgan fingerprint density at radius 2 is 1.12 bits per heavy atom. The Balaban J connectivity index is 1.25. The predicted octanol–water partition coefficient (Wildman–Crippen LogP) is 13.5. The first-order valence-corrected chi connectivity index (χ1v) is 17.7. The number of fused-ring (bicyclic) bond motifs is 8. The summed E-state index contributed by atoms with van der Waals surface area (Å²) in [6.07, 6.45) is 0.930. The fourth-order valence-electron chi connectivity index (χ4n) is 8.01. The number of aromatic nitrogens is 1. The van der Waals surface area contributed by atoms with E-state index in [1.165, 1.54) is 43.9 Å². The Bertz CT molecular complexity index is 2840. The van der Waals surface area contributed by atoms with Gasteiger partial charge in [-0.1, -0.05) is 128 Å². The number of para-hydroxylation sites is 2. The number of hydrogen-bond donors (Lipinski definition) is 0. The zero-order valence-electron chi connectivity index (χ0n) is 28.3. The number of rotatable bonds is 6. The van der Waals surface area contributed by atoms with E-state index in [0.29, 0.717) is 0 Å². The van der Waals surface area contributed by atoms with Gasteiger partial charge >= 0.3 is 0 Å². The third-order valence-electron chi connectivity index (χ3n) is 10.3. The molecule has 0 aliphatic rings. The lowest BCUT2D eigenvalue weighted by Gasteiger charge is -2.28. The maximum atomic E-state index is 6.65. The van der Waals surface area contributed by atoms with Crippen LogP contribution in [0, 0.1) is 0 Å². The van der Waals surface area contributed by atoms with Crippen molar-refractivity contribution >= 4 is 71.6 Å². The van der Waals surface area contributed by atoms with E-state index in [9.17, 15) is 0 Å². The molecule has 8 aromatic carbocycles. The molecule has 3 nitrogen and oxygen atoms in total. The summed E-state index contributed by atoms with van der Waals surface area (Å²) in [5, 5.41) is 7.08. The molecule has 2 heterocycles. The molecule has 0 bridgehead atoms. The maximum Gasteiger partial charge on any atom is 0.143 e. The van der Waals surface area contributed by atoms with Gasteiger partial charge in [0.1, 0.15) is 11.2 Å². The zero-order valence-corrected chi connectivity index (χ0v) is 28.3. The van der Waals surface area contributed by atoms with Crippen molar-refractivity contribution in [2.24, 2.45) is 0 Å². The van der Waals surface area contributed by atoms with E-state index in [-0.39, 0.29) is 0 Å². The lowest BCUT2D eigenvalue weighted by Crippen LogP contribution is -2.11. The lowest BCUT2D eigenvalue weighted by molar-refractivity contribution is 0.672. The summed E-state index contributed by atoms with van der Waals surface area (Å²) in [4.78, 5) is 2.42. The fourth-order valence-corrected chi connectivity index (χ4v) is 8.01. The minimum Gasteiger partial charge on any atom is -0.455 e. The van der Waals surface area contributed by atoms with E-state index in [4.69, 9.17) is 4.42 Å². The van der Waals surface area contributed by atoms with Crippen LogP contribution >= 0.6 is 0 Å². The molecule has 0 spiro atoms. The summed E-state index contributed by atoms with van der Waals surface area (Å²) in [7, 11) is 0.